The van der Waals surface area contributed by atoms with Gasteiger partial charge in [-0.2, -0.15) is 0 Å². The predicted molar refractivity (Wildman–Crippen MR) is 333 cm³/mol. The number of pyridine rings is 1. The second-order valence-electron chi connectivity index (χ2n) is 21.1. The Bertz CT molecular complexity index is 3970. The first-order valence-electron chi connectivity index (χ1n) is 27.8. The van der Waals surface area contributed by atoms with Gasteiger partial charge in [0.1, 0.15) is 83.3 Å². The number of aliphatic carboxylic acids is 2. The number of methoxy groups -OCH3 is 1. The summed E-state index contributed by atoms with van der Waals surface area (Å²) in [6.45, 7) is 4.77. The second-order valence-corrected chi connectivity index (χ2v) is 26.9. The van der Waals surface area contributed by atoms with Gasteiger partial charge in [0.25, 0.3) is 11.8 Å². The Morgan fingerprint density at radius 1 is 0.753 bits per heavy atom. The van der Waals surface area contributed by atoms with Crippen LogP contribution in [-0.4, -0.2) is 131 Å². The van der Waals surface area contributed by atoms with Gasteiger partial charge in [-0.25, -0.2) is 39.7 Å². The molecule has 31 heteroatoms. The van der Waals surface area contributed by atoms with E-state index in [0.717, 1.165) is 50.2 Å². The number of carboxylic acid groups (broad SMARTS) is 2. The van der Waals surface area contributed by atoms with Crippen molar-refractivity contribution in [1.82, 2.24) is 56.2 Å². The molecule has 89 heavy (non-hydrogen) atoms. The molecule has 1 unspecified atom stereocenters. The molecule has 7 aromatic heterocycles. The minimum atomic E-state index is -1.31. The topological polar surface area (TPSA) is 357 Å². The van der Waals surface area contributed by atoms with Gasteiger partial charge in [-0.3, -0.25) is 38.5 Å². The van der Waals surface area contributed by atoms with Crippen molar-refractivity contribution in [1.29, 1.82) is 0 Å². The smallest absolute Gasteiger partial charge is 0.415 e. The highest BCUT2D eigenvalue weighted by atomic mass is 32.1. The number of aromatic nitrogens is 7. The lowest BCUT2D eigenvalue weighted by Crippen LogP contribution is -2.40. The zero-order chi connectivity index (χ0) is 63.2. The lowest BCUT2D eigenvalue weighted by Gasteiger charge is -2.23. The molecule has 1 aliphatic carbocycles. The quantitative estimate of drug-likeness (QED) is 0.0534. The van der Waals surface area contributed by atoms with Gasteiger partial charge in [0.05, 0.1) is 53.5 Å². The van der Waals surface area contributed by atoms with E-state index in [1.165, 1.54) is 36.8 Å². The van der Waals surface area contributed by atoms with Crippen LogP contribution in [0.4, 0.5) is 10.6 Å². The van der Waals surface area contributed by atoms with Crippen LogP contribution < -0.4 is 26.2 Å². The highest BCUT2D eigenvalue weighted by Gasteiger charge is 2.36. The number of Topliss-reactive ketones (excluding diaryl/α,β-unsaturated/α-hetero) is 1. The number of aliphatic hydroxyl groups is 1. The van der Waals surface area contributed by atoms with Crippen LogP contribution in [0.3, 0.4) is 0 Å². The third-order valence-electron chi connectivity index (χ3n) is 14.6. The number of nitrogens with one attached hydrogen (secondary N) is 4. The number of nitrogens with zero attached hydrogens (tertiary/aromatic N) is 8. The van der Waals surface area contributed by atoms with Crippen molar-refractivity contribution in [3.63, 3.8) is 0 Å². The molecule has 6 atom stereocenters. The number of rotatable bonds is 14. The standard InChI is InChI=1S/C58H58N12O13S6/c1-26(2)32-18-38(71)44-27(3)88-55(68-44)34(19-41(72)59-4)62-49(77)36-23-84-51(64-36)31-13-14-33(53-66-40(25-87-53)70(16-15-43(74)75)58(81)83-30-12-11-29(17-30)57(79)80)61-45(31)35-22-85-54(63-35)37-24-86-56(65-37)47(48(76)28-9-7-6-8-10-28)67-42(73)20-60-50(78)46-39(21-82-5)89-52(32)69-46/h6-10,13-14,22-26,29-30,32,34,47-48,76H,11-12,15-21H2,1-5H3,(H,59,72)(H,60,78)(H,62,77)(H,67,73)(H,74,75)(H,79,80)/t29-,30-,32?,34-,47-,48-/m0/s1. The molecular weight excluding hydrogens is 1270 g/mol. The summed E-state index contributed by atoms with van der Waals surface area (Å²) in [7, 11) is 2.93. The Balaban J connectivity index is 1.04. The second kappa shape index (κ2) is 28.1. The average molecular weight is 1320 g/mol. The number of amides is 5. The number of carbonyl (C=O) groups is 8. The summed E-state index contributed by atoms with van der Waals surface area (Å²) >= 11 is 6.99. The molecule has 1 fully saturated rings. The van der Waals surface area contributed by atoms with Crippen LogP contribution >= 0.6 is 68.0 Å². The lowest BCUT2D eigenvalue weighted by atomic mass is 9.90. The number of carboxylic acids is 2. The van der Waals surface area contributed by atoms with Crippen molar-refractivity contribution in [3.8, 4) is 43.4 Å². The zero-order valence-electron chi connectivity index (χ0n) is 48.2. The number of anilines is 1. The summed E-state index contributed by atoms with van der Waals surface area (Å²) in [6.07, 6.45) is -2.88. The summed E-state index contributed by atoms with van der Waals surface area (Å²) in [5, 5.41) is 50.9. The molecule has 0 spiro atoms. The molecule has 25 nitrogen and oxygen atoms in total. The van der Waals surface area contributed by atoms with E-state index in [4.69, 9.17) is 44.4 Å². The summed E-state index contributed by atoms with van der Waals surface area (Å²) in [5.74, 6) is -6.14. The highest BCUT2D eigenvalue weighted by molar-refractivity contribution is 7.15. The van der Waals surface area contributed by atoms with Crippen LogP contribution in [-0.2, 0) is 35.3 Å². The van der Waals surface area contributed by atoms with E-state index in [-0.39, 0.29) is 72.7 Å². The fraction of sp³-hybridized carbons (Fsp3) is 0.362. The maximum Gasteiger partial charge on any atom is 0.415 e. The Morgan fingerprint density at radius 3 is 2.20 bits per heavy atom. The summed E-state index contributed by atoms with van der Waals surface area (Å²) < 4.78 is 11.2. The number of aliphatic hydroxyl groups excluding tert-OH is 1. The fourth-order valence-corrected chi connectivity index (χ4v) is 15.6. The monoisotopic (exact) mass is 1320 g/mol. The number of fused-ring (bicyclic) bond motifs is 14. The molecular formula is C58H58N12O13S6. The van der Waals surface area contributed by atoms with Crippen LogP contribution in [0.1, 0.15) is 138 Å². The van der Waals surface area contributed by atoms with Crippen LogP contribution in [0.2, 0.25) is 0 Å². The number of benzene rings is 1. The summed E-state index contributed by atoms with van der Waals surface area (Å²) in [5.41, 5.74) is 2.36. The maximum absolute atomic E-state index is 14.4. The maximum atomic E-state index is 14.4. The number of carbonyl (C=O) groups excluding carboxylic acids is 6. The van der Waals surface area contributed by atoms with Crippen LogP contribution in [0.25, 0.3) is 43.4 Å². The van der Waals surface area contributed by atoms with Crippen LogP contribution in [0, 0.1) is 18.8 Å². The fourth-order valence-electron chi connectivity index (χ4n) is 9.94. The van der Waals surface area contributed by atoms with Crippen molar-refractivity contribution in [3.05, 3.63) is 111 Å². The van der Waals surface area contributed by atoms with Crippen molar-refractivity contribution in [2.45, 2.75) is 96.1 Å². The van der Waals surface area contributed by atoms with Crippen molar-refractivity contribution < 1.29 is 63.1 Å². The van der Waals surface area contributed by atoms with Gasteiger partial charge in [0, 0.05) is 65.0 Å². The van der Waals surface area contributed by atoms with Crippen molar-refractivity contribution in [2.75, 3.05) is 32.1 Å². The van der Waals surface area contributed by atoms with E-state index in [1.807, 2.05) is 13.8 Å². The molecule has 10 rings (SSSR count). The van der Waals surface area contributed by atoms with Crippen LogP contribution in [0.15, 0.2) is 64.0 Å². The first-order valence-corrected chi connectivity index (χ1v) is 33.0. The molecule has 0 saturated heterocycles. The molecule has 7 N–H and O–H groups in total. The zero-order valence-corrected chi connectivity index (χ0v) is 53.1. The van der Waals surface area contributed by atoms with Gasteiger partial charge in [-0.05, 0) is 49.8 Å². The number of hydrogen-bond donors (Lipinski definition) is 7. The number of aryl methyl sites for hydroxylation is 1. The number of ether oxygens (including phenoxy) is 2. The minimum absolute atomic E-state index is 0.0109. The van der Waals surface area contributed by atoms with Gasteiger partial charge in [0.2, 0.25) is 11.8 Å². The molecule has 1 aliphatic heterocycles. The van der Waals surface area contributed by atoms with Gasteiger partial charge >= 0.3 is 18.0 Å². The van der Waals surface area contributed by atoms with E-state index in [1.54, 1.807) is 70.9 Å². The molecule has 1 aromatic carbocycles. The van der Waals surface area contributed by atoms with Gasteiger partial charge in [0.15, 0.2) is 5.78 Å². The largest absolute Gasteiger partial charge is 0.481 e. The SMILES string of the molecule is CNC(=O)C[C@@H]1NC(=O)c2csc(n2)-c2ccc(-c3nc(N(CCC(=O)O)C(=O)O[C@H]4CC[C@H](C(=O)O)C4)cs3)nc2-c2csc(n2)-c2csc(n2)[C@H]([C@@H](O)c2ccccc2)NC(=O)CNC(=O)c2nc(sc2COC)C(C(C)C)CC(=O)c2nc1sc2C. The molecule has 2 aliphatic rings. The average Bonchev–Trinajstić information content (AvgIpc) is 1.82. The lowest BCUT2D eigenvalue weighted by molar-refractivity contribution is -0.142. The highest BCUT2D eigenvalue weighted by Crippen LogP contribution is 2.41. The first-order chi connectivity index (χ1) is 42.7. The predicted octanol–water partition coefficient (Wildman–Crippen LogP) is 8.87. The Morgan fingerprint density at radius 2 is 1.47 bits per heavy atom. The van der Waals surface area contributed by atoms with Crippen molar-refractivity contribution >= 4 is 121 Å². The normalized spacial score (nSPS) is 18.6. The molecule has 464 valence electrons. The van der Waals surface area contributed by atoms with Gasteiger partial charge in [-0.15, -0.1) is 68.0 Å². The van der Waals surface area contributed by atoms with Crippen LogP contribution in [0.5, 0.6) is 0 Å². The molecule has 0 radical (unpaired) electrons. The van der Waals surface area contributed by atoms with Gasteiger partial charge in [-0.1, -0.05) is 44.2 Å². The minimum Gasteiger partial charge on any atom is -0.481 e. The van der Waals surface area contributed by atoms with E-state index in [0.29, 0.717) is 80.9 Å². The summed E-state index contributed by atoms with van der Waals surface area (Å²) in [6, 6.07) is 9.95. The molecule has 8 heterocycles. The number of thiazole rings is 6. The Hall–Kier alpha value is -8.17. The van der Waals surface area contributed by atoms with E-state index < -0.39 is 90.8 Å². The first kappa shape index (κ1) is 63.8. The summed E-state index contributed by atoms with van der Waals surface area (Å²) in [4.78, 5) is 143. The molecule has 5 amide bonds. The van der Waals surface area contributed by atoms with Crippen molar-refractivity contribution in [2.24, 2.45) is 11.8 Å². The van der Waals surface area contributed by atoms with E-state index in [9.17, 15) is 53.7 Å². The Kier molecular flexibility index (Phi) is 20.2. The third kappa shape index (κ3) is 14.8. The van der Waals surface area contributed by atoms with E-state index >= 15 is 0 Å². The molecule has 8 aromatic rings. The number of hydrogen-bond acceptors (Lipinski definition) is 24. The third-order valence-corrected chi connectivity index (χ3v) is 20.4. The molecule has 10 bridgehead atoms. The molecule has 1 saturated carbocycles. The Labute approximate surface area is 532 Å². The van der Waals surface area contributed by atoms with Gasteiger partial charge < -0.3 is 46.1 Å². The van der Waals surface area contributed by atoms with E-state index in [2.05, 4.69) is 21.3 Å². The number of ketones is 1.